The number of allylic oxidation sites excluding steroid dienone is 2. The first-order valence-electron chi connectivity index (χ1n) is 19.6. The van der Waals surface area contributed by atoms with E-state index in [1.165, 1.54) is 6.42 Å². The minimum atomic E-state index is -0.299. The summed E-state index contributed by atoms with van der Waals surface area (Å²) in [6.45, 7) is 20.2. The van der Waals surface area contributed by atoms with Crippen LogP contribution < -0.4 is 5.32 Å². The lowest BCUT2D eigenvalue weighted by Gasteiger charge is -2.70. The number of carbonyl (C=O) groups excluding carboxylic acids is 2. The van der Waals surface area contributed by atoms with E-state index in [2.05, 4.69) is 76.9 Å². The number of fused-ring (bicyclic) bond motifs is 7. The molecule has 0 aromatic carbocycles. The number of carbonyl (C=O) groups is 2. The molecule has 4 saturated carbocycles. The first-order chi connectivity index (χ1) is 22.6. The molecule has 0 aromatic rings. The highest BCUT2D eigenvalue weighted by atomic mass is 16.2. The number of nitrogens with zero attached hydrogens (tertiary/aromatic N) is 3. The smallest absolute Gasteiger partial charge is 0.226 e. The van der Waals surface area contributed by atoms with Crippen LogP contribution in [0.15, 0.2) is 11.6 Å². The maximum Gasteiger partial charge on any atom is 0.226 e. The fourth-order valence-corrected chi connectivity index (χ4v) is 12.4. The molecule has 0 aliphatic heterocycles. The third-order valence-corrected chi connectivity index (χ3v) is 15.6. The van der Waals surface area contributed by atoms with Crippen LogP contribution in [0.5, 0.6) is 0 Å². The summed E-state index contributed by atoms with van der Waals surface area (Å²) in [6.07, 6.45) is 18.3. The fraction of sp³-hybridized carbons (Fsp3) is 0.857. The van der Waals surface area contributed by atoms with Crippen LogP contribution >= 0.6 is 0 Å². The van der Waals surface area contributed by atoms with E-state index in [0.717, 1.165) is 110 Å². The molecule has 5 aliphatic carbocycles. The maximum atomic E-state index is 14.4. The predicted octanol–water partition coefficient (Wildman–Crippen LogP) is 9.16. The lowest BCUT2D eigenvalue weighted by atomic mass is 9.33. The highest BCUT2D eigenvalue weighted by Gasteiger charge is 2.69. The van der Waals surface area contributed by atoms with Crippen LogP contribution in [-0.4, -0.2) is 42.8 Å². The van der Waals surface area contributed by atoms with Crippen molar-refractivity contribution in [2.24, 2.45) is 50.2 Å². The zero-order valence-corrected chi connectivity index (χ0v) is 31.6. The van der Waals surface area contributed by atoms with Crippen molar-refractivity contribution >= 4 is 11.7 Å². The molecule has 7 atom stereocenters. The first kappa shape index (κ1) is 37.1. The number of ketones is 1. The highest BCUT2D eigenvalue weighted by Crippen LogP contribution is 2.75. The standard InChI is InChI=1S/C42H66N4O2/c1-37(2)20-22-42(36(48)45-26-10-8-9-11-27-46(28-12-24-43)29-13-25-44)23-21-40(6)31(32(42)30-37)14-15-34-39(5)18-17-35(47)38(3,4)33(39)16-19-41(34,40)7/h14,32-34H,8-13,15-23,26-30H2,1-7H3,(H,45,48)/t32-,33-,34+,39-,40+,41+,42-/m0/s1. The topological polar surface area (TPSA) is 97.0 Å². The zero-order chi connectivity index (χ0) is 35.0. The van der Waals surface area contributed by atoms with E-state index in [9.17, 15) is 9.59 Å². The van der Waals surface area contributed by atoms with Gasteiger partial charge in [-0.1, -0.05) is 73.0 Å². The van der Waals surface area contributed by atoms with Gasteiger partial charge in [-0.15, -0.1) is 0 Å². The number of hydrogen-bond donors (Lipinski definition) is 1. The first-order valence-corrected chi connectivity index (χ1v) is 19.6. The van der Waals surface area contributed by atoms with Gasteiger partial charge in [0.1, 0.15) is 5.78 Å². The Labute approximate surface area is 292 Å². The van der Waals surface area contributed by atoms with Gasteiger partial charge in [-0.2, -0.15) is 10.5 Å². The molecule has 48 heavy (non-hydrogen) atoms. The molecule has 1 amide bonds. The van der Waals surface area contributed by atoms with Crippen molar-refractivity contribution in [2.45, 2.75) is 151 Å². The molecule has 266 valence electrons. The Bertz CT molecular complexity index is 1320. The average molecular weight is 659 g/mol. The third-order valence-electron chi connectivity index (χ3n) is 15.6. The average Bonchev–Trinajstić information content (AvgIpc) is 3.03. The normalized spacial score (nSPS) is 37.9. The van der Waals surface area contributed by atoms with Crippen LogP contribution in [0.25, 0.3) is 0 Å². The number of nitriles is 2. The Morgan fingerprint density at radius 1 is 0.854 bits per heavy atom. The highest BCUT2D eigenvalue weighted by molar-refractivity contribution is 5.85. The molecule has 0 aromatic heterocycles. The monoisotopic (exact) mass is 659 g/mol. The lowest BCUT2D eigenvalue weighted by molar-refractivity contribution is -0.186. The molecule has 6 heteroatoms. The second-order valence-electron chi connectivity index (χ2n) is 18.8. The number of nitrogens with one attached hydrogen (secondary N) is 1. The van der Waals surface area contributed by atoms with Gasteiger partial charge in [0.15, 0.2) is 0 Å². The minimum Gasteiger partial charge on any atom is -0.356 e. The summed E-state index contributed by atoms with van der Waals surface area (Å²) < 4.78 is 0. The summed E-state index contributed by atoms with van der Waals surface area (Å²) in [6, 6.07) is 4.45. The van der Waals surface area contributed by atoms with E-state index in [0.29, 0.717) is 42.3 Å². The zero-order valence-electron chi connectivity index (χ0n) is 31.6. The van der Waals surface area contributed by atoms with E-state index in [1.54, 1.807) is 5.57 Å². The second kappa shape index (κ2) is 13.9. The van der Waals surface area contributed by atoms with E-state index >= 15 is 0 Å². The van der Waals surface area contributed by atoms with E-state index in [-0.39, 0.29) is 32.5 Å². The van der Waals surface area contributed by atoms with Crippen molar-refractivity contribution in [1.29, 1.82) is 10.5 Å². The van der Waals surface area contributed by atoms with Gasteiger partial charge in [0, 0.05) is 44.3 Å². The minimum absolute atomic E-state index is 0.0890. The molecule has 0 heterocycles. The summed E-state index contributed by atoms with van der Waals surface area (Å²) in [5.41, 5.74) is 1.76. The van der Waals surface area contributed by atoms with Gasteiger partial charge in [-0.05, 0) is 117 Å². The molecule has 0 bridgehead atoms. The molecule has 0 spiro atoms. The van der Waals surface area contributed by atoms with E-state index < -0.39 is 0 Å². The molecule has 6 nitrogen and oxygen atoms in total. The molecule has 4 fully saturated rings. The summed E-state index contributed by atoms with van der Waals surface area (Å²) in [5, 5.41) is 21.4. The number of Topliss-reactive ketones (excluding diaryl/α,β-unsaturated/α-hetero) is 1. The number of unbranched alkanes of at least 4 members (excludes halogenated alkanes) is 3. The fourth-order valence-electron chi connectivity index (χ4n) is 12.4. The van der Waals surface area contributed by atoms with Crippen molar-refractivity contribution < 1.29 is 9.59 Å². The molecule has 0 unspecified atom stereocenters. The molecular weight excluding hydrogens is 592 g/mol. The molecular formula is C42H66N4O2. The van der Waals surface area contributed by atoms with Gasteiger partial charge in [0.05, 0.1) is 17.6 Å². The molecule has 0 radical (unpaired) electrons. The number of hydrogen-bond acceptors (Lipinski definition) is 5. The Hall–Kier alpha value is -2.18. The van der Waals surface area contributed by atoms with Crippen LogP contribution in [-0.2, 0) is 9.59 Å². The summed E-state index contributed by atoms with van der Waals surface area (Å²) in [7, 11) is 0. The van der Waals surface area contributed by atoms with Crippen LogP contribution in [0.2, 0.25) is 0 Å². The van der Waals surface area contributed by atoms with Crippen LogP contribution in [0.3, 0.4) is 0 Å². The van der Waals surface area contributed by atoms with Crippen molar-refractivity contribution in [3.8, 4) is 12.1 Å². The van der Waals surface area contributed by atoms with E-state index in [1.807, 2.05) is 0 Å². The van der Waals surface area contributed by atoms with Crippen molar-refractivity contribution in [2.75, 3.05) is 26.2 Å². The Balaban J connectivity index is 1.27. The number of amides is 1. The van der Waals surface area contributed by atoms with Crippen LogP contribution in [0.4, 0.5) is 0 Å². The van der Waals surface area contributed by atoms with Crippen LogP contribution in [0.1, 0.15) is 151 Å². The van der Waals surface area contributed by atoms with Gasteiger partial charge < -0.3 is 10.2 Å². The Kier molecular flexibility index (Phi) is 10.7. The van der Waals surface area contributed by atoms with Crippen molar-refractivity contribution in [3.63, 3.8) is 0 Å². The van der Waals surface area contributed by atoms with Gasteiger partial charge in [0.2, 0.25) is 5.91 Å². The summed E-state index contributed by atoms with van der Waals surface area (Å²) in [4.78, 5) is 29.8. The van der Waals surface area contributed by atoms with Gasteiger partial charge in [0.25, 0.3) is 0 Å². The molecule has 5 rings (SSSR count). The molecule has 1 N–H and O–H groups in total. The van der Waals surface area contributed by atoms with Gasteiger partial charge in [-0.3, -0.25) is 9.59 Å². The largest absolute Gasteiger partial charge is 0.356 e. The van der Waals surface area contributed by atoms with Gasteiger partial charge in [-0.25, -0.2) is 0 Å². The maximum absolute atomic E-state index is 14.4. The van der Waals surface area contributed by atoms with Crippen molar-refractivity contribution in [3.05, 3.63) is 11.6 Å². The van der Waals surface area contributed by atoms with Crippen LogP contribution in [0, 0.1) is 72.9 Å². The SMILES string of the molecule is CC1(C)CC[C@]2(C(=O)NCCCCCCN(CCC#N)CCC#N)CC[C@]3(C)C(=CC[C@@H]4[C@@]5(C)CCC(=O)C(C)(C)[C@@H]5CC[C@]43C)[C@@H]2C1. The second-order valence-corrected chi connectivity index (χ2v) is 18.8. The predicted molar refractivity (Wildman–Crippen MR) is 192 cm³/mol. The quantitative estimate of drug-likeness (QED) is 0.167. The summed E-state index contributed by atoms with van der Waals surface area (Å²) >= 11 is 0. The van der Waals surface area contributed by atoms with Crippen molar-refractivity contribution in [1.82, 2.24) is 10.2 Å². The molecule has 0 saturated heterocycles. The van der Waals surface area contributed by atoms with Gasteiger partial charge >= 0.3 is 0 Å². The third kappa shape index (κ3) is 6.31. The lowest BCUT2D eigenvalue weighted by Crippen LogP contribution is -2.65. The number of rotatable bonds is 12. The summed E-state index contributed by atoms with van der Waals surface area (Å²) in [5.74, 6) is 2.11. The Morgan fingerprint density at radius 3 is 2.21 bits per heavy atom. The molecule has 5 aliphatic rings. The Morgan fingerprint density at radius 2 is 1.52 bits per heavy atom. The van der Waals surface area contributed by atoms with E-state index in [4.69, 9.17) is 10.5 Å².